The third-order valence-corrected chi connectivity index (χ3v) is 3.29. The summed E-state index contributed by atoms with van der Waals surface area (Å²) in [4.78, 5) is 14.1. The van der Waals surface area contributed by atoms with Crippen LogP contribution in [-0.4, -0.2) is 23.9 Å². The van der Waals surface area contributed by atoms with Crippen LogP contribution in [0.4, 0.5) is 5.69 Å². The van der Waals surface area contributed by atoms with Crippen molar-refractivity contribution in [3.05, 3.63) is 42.5 Å². The van der Waals surface area contributed by atoms with E-state index < -0.39 is 0 Å². The maximum absolute atomic E-state index is 12.2. The smallest absolute Gasteiger partial charge is 0.253 e. The molecule has 0 saturated carbocycles. The molecule has 1 fully saturated rings. The highest BCUT2D eigenvalue weighted by molar-refractivity contribution is 5.95. The molecule has 0 unspecified atom stereocenters. The van der Waals surface area contributed by atoms with Gasteiger partial charge in [-0.15, -0.1) is 19.0 Å². The largest absolute Gasteiger partial charge is 0.399 e. The number of rotatable bonds is 2. The highest BCUT2D eigenvalue weighted by atomic mass is 35.5. The van der Waals surface area contributed by atoms with Gasteiger partial charge in [-0.05, 0) is 37.0 Å². The second-order valence-electron chi connectivity index (χ2n) is 4.49. The van der Waals surface area contributed by atoms with E-state index in [9.17, 15) is 4.79 Å². The molecule has 0 bridgehead atoms. The summed E-state index contributed by atoms with van der Waals surface area (Å²) < 4.78 is 0. The molecule has 4 heteroatoms. The number of nitrogen functional groups attached to an aromatic ring is 1. The number of benzene rings is 1. The van der Waals surface area contributed by atoms with Crippen LogP contribution in [0, 0.1) is 5.92 Å². The SMILES string of the molecule is C=CC1CCN(C(=O)c2cccc(N)c2)CC1.Cl. The lowest BCUT2D eigenvalue weighted by molar-refractivity contribution is 0.0705. The summed E-state index contributed by atoms with van der Waals surface area (Å²) in [5.74, 6) is 0.639. The van der Waals surface area contributed by atoms with E-state index in [1.807, 2.05) is 23.1 Å². The van der Waals surface area contributed by atoms with Gasteiger partial charge in [-0.3, -0.25) is 4.79 Å². The molecular weight excluding hydrogens is 248 g/mol. The van der Waals surface area contributed by atoms with Gasteiger partial charge in [-0.1, -0.05) is 12.1 Å². The summed E-state index contributed by atoms with van der Waals surface area (Å²) in [5, 5.41) is 0. The van der Waals surface area contributed by atoms with Crippen LogP contribution >= 0.6 is 12.4 Å². The molecule has 1 amide bonds. The maximum Gasteiger partial charge on any atom is 0.253 e. The van der Waals surface area contributed by atoms with Gasteiger partial charge in [0.05, 0.1) is 0 Å². The van der Waals surface area contributed by atoms with E-state index >= 15 is 0 Å². The Bertz CT molecular complexity index is 426. The van der Waals surface area contributed by atoms with Gasteiger partial charge in [0.25, 0.3) is 5.91 Å². The van der Waals surface area contributed by atoms with Crippen molar-refractivity contribution < 1.29 is 4.79 Å². The van der Waals surface area contributed by atoms with Gasteiger partial charge < -0.3 is 10.6 Å². The van der Waals surface area contributed by atoms with Crippen LogP contribution in [0.15, 0.2) is 36.9 Å². The molecule has 0 spiro atoms. The fourth-order valence-electron chi connectivity index (χ4n) is 2.19. The predicted molar refractivity (Wildman–Crippen MR) is 76.9 cm³/mol. The number of hydrogen-bond acceptors (Lipinski definition) is 2. The zero-order valence-electron chi connectivity index (χ0n) is 10.3. The molecule has 1 heterocycles. The molecule has 0 radical (unpaired) electrons. The molecule has 1 aliphatic heterocycles. The average molecular weight is 267 g/mol. The van der Waals surface area contributed by atoms with Crippen molar-refractivity contribution in [2.24, 2.45) is 5.92 Å². The summed E-state index contributed by atoms with van der Waals surface area (Å²) in [7, 11) is 0. The minimum atomic E-state index is 0. The summed E-state index contributed by atoms with van der Waals surface area (Å²) in [6, 6.07) is 7.17. The summed E-state index contributed by atoms with van der Waals surface area (Å²) >= 11 is 0. The van der Waals surface area contributed by atoms with Gasteiger partial charge in [0.2, 0.25) is 0 Å². The van der Waals surface area contributed by atoms with Crippen LogP contribution in [0.25, 0.3) is 0 Å². The van der Waals surface area contributed by atoms with Crippen LogP contribution in [0.3, 0.4) is 0 Å². The Labute approximate surface area is 114 Å². The van der Waals surface area contributed by atoms with E-state index in [1.54, 1.807) is 12.1 Å². The van der Waals surface area contributed by atoms with Crippen molar-refractivity contribution in [3.8, 4) is 0 Å². The number of nitrogens with zero attached hydrogens (tertiary/aromatic N) is 1. The molecule has 98 valence electrons. The first-order valence-corrected chi connectivity index (χ1v) is 5.98. The molecular formula is C14H19ClN2O. The lowest BCUT2D eigenvalue weighted by Crippen LogP contribution is -2.38. The van der Waals surface area contributed by atoms with E-state index in [2.05, 4.69) is 6.58 Å². The summed E-state index contributed by atoms with van der Waals surface area (Å²) in [5.41, 5.74) is 7.00. The first-order chi connectivity index (χ1) is 8.20. The van der Waals surface area contributed by atoms with Crippen molar-refractivity contribution in [1.82, 2.24) is 4.90 Å². The number of likely N-dealkylation sites (tertiary alicyclic amines) is 1. The number of carbonyl (C=O) groups is 1. The van der Waals surface area contributed by atoms with Gasteiger partial charge >= 0.3 is 0 Å². The fraction of sp³-hybridized carbons (Fsp3) is 0.357. The number of nitrogens with two attached hydrogens (primary N) is 1. The number of halogens is 1. The lowest BCUT2D eigenvalue weighted by Gasteiger charge is -2.30. The Balaban J connectivity index is 0.00000162. The quantitative estimate of drug-likeness (QED) is 0.661. The monoisotopic (exact) mass is 266 g/mol. The maximum atomic E-state index is 12.2. The minimum absolute atomic E-state index is 0. The molecule has 1 saturated heterocycles. The molecule has 0 aromatic heterocycles. The van der Waals surface area contributed by atoms with Crippen LogP contribution in [0.5, 0.6) is 0 Å². The zero-order chi connectivity index (χ0) is 12.3. The number of amides is 1. The molecule has 0 aliphatic carbocycles. The zero-order valence-corrected chi connectivity index (χ0v) is 11.2. The number of allylic oxidation sites excluding steroid dienone is 1. The predicted octanol–water partition coefficient (Wildman–Crippen LogP) is 2.73. The van der Waals surface area contributed by atoms with Crippen molar-refractivity contribution >= 4 is 24.0 Å². The number of anilines is 1. The molecule has 1 aliphatic rings. The van der Waals surface area contributed by atoms with Crippen LogP contribution in [-0.2, 0) is 0 Å². The van der Waals surface area contributed by atoms with Gasteiger partial charge in [0.15, 0.2) is 0 Å². The first kappa shape index (κ1) is 14.6. The van der Waals surface area contributed by atoms with E-state index in [4.69, 9.17) is 5.73 Å². The van der Waals surface area contributed by atoms with Crippen LogP contribution in [0.2, 0.25) is 0 Å². The topological polar surface area (TPSA) is 46.3 Å². The summed E-state index contributed by atoms with van der Waals surface area (Å²) in [6.07, 6.45) is 4.01. The molecule has 18 heavy (non-hydrogen) atoms. The van der Waals surface area contributed by atoms with E-state index in [0.717, 1.165) is 25.9 Å². The molecule has 3 nitrogen and oxygen atoms in total. The van der Waals surface area contributed by atoms with Crippen LogP contribution in [0.1, 0.15) is 23.2 Å². The Morgan fingerprint density at radius 1 is 1.39 bits per heavy atom. The Hall–Kier alpha value is -1.48. The minimum Gasteiger partial charge on any atom is -0.399 e. The highest BCUT2D eigenvalue weighted by Crippen LogP contribution is 2.20. The Morgan fingerprint density at radius 3 is 2.61 bits per heavy atom. The summed E-state index contributed by atoms with van der Waals surface area (Å²) in [6.45, 7) is 5.42. The van der Waals surface area contributed by atoms with Gasteiger partial charge in [-0.2, -0.15) is 0 Å². The first-order valence-electron chi connectivity index (χ1n) is 5.98. The van der Waals surface area contributed by atoms with Gasteiger partial charge in [0.1, 0.15) is 0 Å². The third-order valence-electron chi connectivity index (χ3n) is 3.29. The molecule has 1 aromatic carbocycles. The van der Waals surface area contributed by atoms with Crippen LogP contribution < -0.4 is 5.73 Å². The number of piperidine rings is 1. The third kappa shape index (κ3) is 3.26. The van der Waals surface area contributed by atoms with Gasteiger partial charge in [-0.25, -0.2) is 0 Å². The Kier molecular flexibility index (Phi) is 5.23. The van der Waals surface area contributed by atoms with E-state index in [-0.39, 0.29) is 18.3 Å². The van der Waals surface area contributed by atoms with E-state index in [0.29, 0.717) is 17.2 Å². The fourth-order valence-corrected chi connectivity index (χ4v) is 2.19. The van der Waals surface area contributed by atoms with Crippen molar-refractivity contribution in [3.63, 3.8) is 0 Å². The molecule has 2 N–H and O–H groups in total. The molecule has 2 rings (SSSR count). The normalized spacial score (nSPS) is 15.9. The second kappa shape index (κ2) is 6.45. The number of hydrogen-bond donors (Lipinski definition) is 1. The van der Waals surface area contributed by atoms with Crippen molar-refractivity contribution in [1.29, 1.82) is 0 Å². The molecule has 1 aromatic rings. The number of carbonyl (C=O) groups excluding carboxylic acids is 1. The van der Waals surface area contributed by atoms with E-state index in [1.165, 1.54) is 0 Å². The molecule has 0 atom stereocenters. The lowest BCUT2D eigenvalue weighted by atomic mass is 9.96. The standard InChI is InChI=1S/C14H18N2O.ClH/c1-2-11-6-8-16(9-7-11)14(17)12-4-3-5-13(15)10-12;/h2-5,10-11H,1,6-9,15H2;1H. The van der Waals surface area contributed by atoms with Gasteiger partial charge in [0, 0.05) is 24.3 Å². The highest BCUT2D eigenvalue weighted by Gasteiger charge is 2.21. The van der Waals surface area contributed by atoms with Crippen molar-refractivity contribution in [2.45, 2.75) is 12.8 Å². The average Bonchev–Trinajstić information content (AvgIpc) is 2.38. The second-order valence-corrected chi connectivity index (χ2v) is 4.49. The Morgan fingerprint density at radius 2 is 2.06 bits per heavy atom. The van der Waals surface area contributed by atoms with Crippen molar-refractivity contribution in [2.75, 3.05) is 18.8 Å².